The highest BCUT2D eigenvalue weighted by molar-refractivity contribution is 5.97. The van der Waals surface area contributed by atoms with Gasteiger partial charge in [0.15, 0.2) is 0 Å². The normalized spacial score (nSPS) is 13.5. The average Bonchev–Trinajstić information content (AvgIpc) is 2.44. The molecule has 1 aromatic rings. The van der Waals surface area contributed by atoms with E-state index < -0.39 is 18.0 Å². The molecule has 1 rings (SSSR count). The molecule has 0 fully saturated rings. The first kappa shape index (κ1) is 17.1. The van der Waals surface area contributed by atoms with Crippen LogP contribution in [0.15, 0.2) is 24.3 Å². The maximum absolute atomic E-state index is 12.4. The number of carbonyl (C=O) groups excluding carboxylic acids is 2. The highest BCUT2D eigenvalue weighted by Crippen LogP contribution is 2.23. The quantitative estimate of drug-likeness (QED) is 0.721. The van der Waals surface area contributed by atoms with Crippen LogP contribution in [0.2, 0.25) is 0 Å². The van der Waals surface area contributed by atoms with Gasteiger partial charge in [-0.1, -0.05) is 12.1 Å². The van der Waals surface area contributed by atoms with Crippen molar-refractivity contribution in [2.24, 2.45) is 11.5 Å². The molecule has 5 N–H and O–H groups in total. The van der Waals surface area contributed by atoms with Crippen LogP contribution in [0.1, 0.15) is 38.3 Å². The van der Waals surface area contributed by atoms with Crippen LogP contribution < -0.4 is 11.5 Å². The summed E-state index contributed by atoms with van der Waals surface area (Å²) >= 11 is 0. The largest absolute Gasteiger partial charge is 0.508 e. The SMILES string of the molecule is CC(=O)N(C(=O)C(N)CCCN)C(C)c1ccc(O)cc1. The van der Waals surface area contributed by atoms with Gasteiger partial charge in [0.2, 0.25) is 11.8 Å². The molecular formula is C15H23N3O3. The van der Waals surface area contributed by atoms with Crippen molar-refractivity contribution >= 4 is 11.8 Å². The van der Waals surface area contributed by atoms with Crippen LogP contribution in [0.25, 0.3) is 0 Å². The zero-order chi connectivity index (χ0) is 16.0. The summed E-state index contributed by atoms with van der Waals surface area (Å²) in [5.41, 5.74) is 12.0. The van der Waals surface area contributed by atoms with Crippen molar-refractivity contribution in [2.45, 2.75) is 38.8 Å². The number of carbonyl (C=O) groups is 2. The van der Waals surface area contributed by atoms with E-state index in [0.717, 1.165) is 10.5 Å². The van der Waals surface area contributed by atoms with Crippen LogP contribution in [0, 0.1) is 0 Å². The summed E-state index contributed by atoms with van der Waals surface area (Å²) in [5.74, 6) is -0.633. The molecule has 2 unspecified atom stereocenters. The number of nitrogens with zero attached hydrogens (tertiary/aromatic N) is 1. The van der Waals surface area contributed by atoms with Crippen molar-refractivity contribution in [3.8, 4) is 5.75 Å². The van der Waals surface area contributed by atoms with Crippen molar-refractivity contribution in [2.75, 3.05) is 6.54 Å². The van der Waals surface area contributed by atoms with Crippen LogP contribution in [0.3, 0.4) is 0 Å². The smallest absolute Gasteiger partial charge is 0.246 e. The van der Waals surface area contributed by atoms with E-state index in [-0.39, 0.29) is 11.7 Å². The van der Waals surface area contributed by atoms with Gasteiger partial charge in [-0.2, -0.15) is 0 Å². The number of benzene rings is 1. The van der Waals surface area contributed by atoms with Crippen molar-refractivity contribution < 1.29 is 14.7 Å². The average molecular weight is 293 g/mol. The topological polar surface area (TPSA) is 110 Å². The molecule has 2 amide bonds. The monoisotopic (exact) mass is 293 g/mol. The number of amides is 2. The Kier molecular flexibility index (Phi) is 6.33. The molecule has 6 heteroatoms. The Hall–Kier alpha value is -1.92. The number of hydrogen-bond acceptors (Lipinski definition) is 5. The zero-order valence-corrected chi connectivity index (χ0v) is 12.5. The first-order valence-electron chi connectivity index (χ1n) is 6.96. The number of rotatable bonds is 6. The van der Waals surface area contributed by atoms with Gasteiger partial charge in [-0.3, -0.25) is 14.5 Å². The second kappa shape index (κ2) is 7.75. The third-order valence-corrected chi connectivity index (χ3v) is 3.38. The maximum atomic E-state index is 12.4. The number of aromatic hydroxyl groups is 1. The van der Waals surface area contributed by atoms with Gasteiger partial charge in [-0.15, -0.1) is 0 Å². The summed E-state index contributed by atoms with van der Waals surface area (Å²) in [6, 6.07) is 5.20. The van der Waals surface area contributed by atoms with E-state index in [1.54, 1.807) is 19.1 Å². The first-order valence-corrected chi connectivity index (χ1v) is 6.96. The number of hydrogen-bond donors (Lipinski definition) is 3. The van der Waals surface area contributed by atoms with Gasteiger partial charge in [0.1, 0.15) is 5.75 Å². The molecule has 21 heavy (non-hydrogen) atoms. The van der Waals surface area contributed by atoms with Crippen molar-refractivity contribution in [3.63, 3.8) is 0 Å². The number of phenols is 1. The minimum atomic E-state index is -0.739. The number of phenolic OH excluding ortho intramolecular Hbond substituents is 1. The van der Waals surface area contributed by atoms with E-state index in [9.17, 15) is 14.7 Å². The molecule has 0 radical (unpaired) electrons. The highest BCUT2D eigenvalue weighted by Gasteiger charge is 2.29. The third kappa shape index (κ3) is 4.54. The maximum Gasteiger partial charge on any atom is 0.246 e. The van der Waals surface area contributed by atoms with Gasteiger partial charge in [-0.25, -0.2) is 0 Å². The predicted molar refractivity (Wildman–Crippen MR) is 80.3 cm³/mol. The van der Waals surface area contributed by atoms with Crippen LogP contribution in [0.5, 0.6) is 5.75 Å². The number of nitrogens with two attached hydrogens (primary N) is 2. The molecule has 0 aromatic heterocycles. The zero-order valence-electron chi connectivity index (χ0n) is 12.5. The molecule has 1 aromatic carbocycles. The summed E-state index contributed by atoms with van der Waals surface area (Å²) in [5, 5.41) is 9.30. The Balaban J connectivity index is 2.92. The number of imide groups is 1. The van der Waals surface area contributed by atoms with Gasteiger partial charge < -0.3 is 16.6 Å². The van der Waals surface area contributed by atoms with Crippen molar-refractivity contribution in [3.05, 3.63) is 29.8 Å². The fraction of sp³-hybridized carbons (Fsp3) is 0.467. The molecule has 0 spiro atoms. The fourth-order valence-corrected chi connectivity index (χ4v) is 2.16. The Bertz CT molecular complexity index is 487. The van der Waals surface area contributed by atoms with Crippen LogP contribution in [0.4, 0.5) is 0 Å². The third-order valence-electron chi connectivity index (χ3n) is 3.38. The summed E-state index contributed by atoms with van der Waals surface area (Å²) in [4.78, 5) is 25.3. The van der Waals surface area contributed by atoms with Crippen LogP contribution in [-0.4, -0.2) is 34.4 Å². The Morgan fingerprint density at radius 1 is 1.29 bits per heavy atom. The molecule has 0 saturated carbocycles. The molecule has 0 aliphatic rings. The van der Waals surface area contributed by atoms with Crippen LogP contribution in [-0.2, 0) is 9.59 Å². The van der Waals surface area contributed by atoms with Crippen molar-refractivity contribution in [1.29, 1.82) is 0 Å². The lowest BCUT2D eigenvalue weighted by Gasteiger charge is -2.29. The van der Waals surface area contributed by atoms with E-state index in [1.165, 1.54) is 19.1 Å². The minimum Gasteiger partial charge on any atom is -0.508 e. The van der Waals surface area contributed by atoms with Gasteiger partial charge >= 0.3 is 0 Å². The summed E-state index contributed by atoms with van der Waals surface area (Å²) < 4.78 is 0. The Labute approximate surface area is 124 Å². The summed E-state index contributed by atoms with van der Waals surface area (Å²) in [7, 11) is 0. The molecule has 0 saturated heterocycles. The van der Waals surface area contributed by atoms with E-state index in [0.29, 0.717) is 19.4 Å². The molecule has 2 atom stereocenters. The molecule has 0 bridgehead atoms. The molecule has 0 aliphatic carbocycles. The van der Waals surface area contributed by atoms with Gasteiger partial charge in [0, 0.05) is 6.92 Å². The molecule has 0 aliphatic heterocycles. The second-order valence-corrected chi connectivity index (χ2v) is 5.03. The lowest BCUT2D eigenvalue weighted by Crippen LogP contribution is -2.47. The Morgan fingerprint density at radius 3 is 2.33 bits per heavy atom. The first-order chi connectivity index (χ1) is 9.88. The van der Waals surface area contributed by atoms with E-state index in [4.69, 9.17) is 11.5 Å². The Morgan fingerprint density at radius 2 is 1.86 bits per heavy atom. The molecule has 0 heterocycles. The summed E-state index contributed by atoms with van der Waals surface area (Å²) in [6.45, 7) is 3.54. The predicted octanol–water partition coefficient (Wildman–Crippen LogP) is 0.895. The summed E-state index contributed by atoms with van der Waals surface area (Å²) in [6.07, 6.45) is 1.08. The molecular weight excluding hydrogens is 270 g/mol. The van der Waals surface area contributed by atoms with Gasteiger partial charge in [0.25, 0.3) is 0 Å². The van der Waals surface area contributed by atoms with Crippen LogP contribution >= 0.6 is 0 Å². The lowest BCUT2D eigenvalue weighted by molar-refractivity contribution is -0.147. The van der Waals surface area contributed by atoms with E-state index >= 15 is 0 Å². The minimum absolute atomic E-state index is 0.131. The second-order valence-electron chi connectivity index (χ2n) is 5.03. The van der Waals surface area contributed by atoms with Gasteiger partial charge in [0.05, 0.1) is 12.1 Å². The van der Waals surface area contributed by atoms with Crippen molar-refractivity contribution in [1.82, 2.24) is 4.90 Å². The molecule has 6 nitrogen and oxygen atoms in total. The highest BCUT2D eigenvalue weighted by atomic mass is 16.3. The van der Waals surface area contributed by atoms with Gasteiger partial charge in [-0.05, 0) is 44.0 Å². The molecule has 116 valence electrons. The lowest BCUT2D eigenvalue weighted by atomic mass is 10.0. The van der Waals surface area contributed by atoms with E-state index in [1.807, 2.05) is 0 Å². The fourth-order valence-electron chi connectivity index (χ4n) is 2.16. The standard InChI is InChI=1S/C15H23N3O3/c1-10(12-5-7-13(20)8-6-12)18(11(2)19)15(21)14(17)4-3-9-16/h5-8,10,14,20H,3-4,9,16-17H2,1-2H3. The van der Waals surface area contributed by atoms with E-state index in [2.05, 4.69) is 0 Å².